The standard InChI is InChI=1S/C17H20N2O3/c1-3-22-16-10-4-13(5-11-16)12-18-17(21)19(2)14-6-8-15(20)9-7-14/h4-11,20H,3,12H2,1-2H3,(H,18,21). The maximum absolute atomic E-state index is 12.1. The molecule has 0 fully saturated rings. The summed E-state index contributed by atoms with van der Waals surface area (Å²) in [5, 5.41) is 12.1. The van der Waals surface area contributed by atoms with Gasteiger partial charge in [0.05, 0.1) is 6.61 Å². The van der Waals surface area contributed by atoms with Crippen molar-refractivity contribution < 1.29 is 14.6 Å². The molecule has 2 aromatic rings. The van der Waals surface area contributed by atoms with Gasteiger partial charge in [0.2, 0.25) is 0 Å². The molecule has 22 heavy (non-hydrogen) atoms. The van der Waals surface area contributed by atoms with Gasteiger partial charge in [0.15, 0.2) is 0 Å². The second-order valence-electron chi connectivity index (χ2n) is 4.81. The highest BCUT2D eigenvalue weighted by atomic mass is 16.5. The Balaban J connectivity index is 1.90. The number of ether oxygens (including phenoxy) is 1. The van der Waals surface area contributed by atoms with Crippen molar-refractivity contribution in [3.05, 3.63) is 54.1 Å². The van der Waals surface area contributed by atoms with E-state index in [4.69, 9.17) is 4.74 Å². The summed E-state index contributed by atoms with van der Waals surface area (Å²) >= 11 is 0. The Morgan fingerprint density at radius 3 is 2.36 bits per heavy atom. The molecule has 5 nitrogen and oxygen atoms in total. The van der Waals surface area contributed by atoms with Crippen molar-refractivity contribution >= 4 is 11.7 Å². The Kier molecular flexibility index (Phi) is 5.25. The van der Waals surface area contributed by atoms with Crippen LogP contribution in [0.25, 0.3) is 0 Å². The van der Waals surface area contributed by atoms with Crippen LogP contribution in [-0.2, 0) is 6.54 Å². The smallest absolute Gasteiger partial charge is 0.321 e. The molecule has 2 N–H and O–H groups in total. The van der Waals surface area contributed by atoms with Gasteiger partial charge in [-0.3, -0.25) is 4.90 Å². The maximum Gasteiger partial charge on any atom is 0.321 e. The number of hydrogen-bond donors (Lipinski definition) is 2. The molecule has 0 aliphatic rings. The number of hydrogen-bond acceptors (Lipinski definition) is 3. The van der Waals surface area contributed by atoms with Crippen LogP contribution in [0.5, 0.6) is 11.5 Å². The van der Waals surface area contributed by atoms with Crippen LogP contribution in [-0.4, -0.2) is 24.8 Å². The van der Waals surface area contributed by atoms with Crippen molar-refractivity contribution in [1.29, 1.82) is 0 Å². The number of amides is 2. The second kappa shape index (κ2) is 7.36. The van der Waals surface area contributed by atoms with Crippen molar-refractivity contribution in [3.8, 4) is 11.5 Å². The van der Waals surface area contributed by atoms with Gasteiger partial charge in [-0.25, -0.2) is 4.79 Å². The molecule has 0 aliphatic heterocycles. The number of urea groups is 1. The second-order valence-corrected chi connectivity index (χ2v) is 4.81. The third kappa shape index (κ3) is 4.15. The minimum absolute atomic E-state index is 0.173. The normalized spacial score (nSPS) is 10.1. The van der Waals surface area contributed by atoms with E-state index < -0.39 is 0 Å². The summed E-state index contributed by atoms with van der Waals surface area (Å²) < 4.78 is 5.38. The zero-order chi connectivity index (χ0) is 15.9. The highest BCUT2D eigenvalue weighted by Crippen LogP contribution is 2.17. The van der Waals surface area contributed by atoms with Gasteiger partial charge in [-0.05, 0) is 48.9 Å². The predicted octanol–water partition coefficient (Wildman–Crippen LogP) is 3.14. The number of phenols is 1. The molecule has 0 bridgehead atoms. The molecule has 2 aromatic carbocycles. The molecule has 5 heteroatoms. The van der Waals surface area contributed by atoms with Gasteiger partial charge in [-0.15, -0.1) is 0 Å². The summed E-state index contributed by atoms with van der Waals surface area (Å²) in [6.45, 7) is 3.01. The summed E-state index contributed by atoms with van der Waals surface area (Å²) in [6.07, 6.45) is 0. The van der Waals surface area contributed by atoms with Crippen LogP contribution < -0.4 is 15.0 Å². The molecule has 0 aliphatic carbocycles. The van der Waals surface area contributed by atoms with Gasteiger partial charge >= 0.3 is 6.03 Å². The van der Waals surface area contributed by atoms with E-state index in [9.17, 15) is 9.90 Å². The van der Waals surface area contributed by atoms with Crippen LogP contribution in [0.2, 0.25) is 0 Å². The first-order chi connectivity index (χ1) is 10.6. The fraction of sp³-hybridized carbons (Fsp3) is 0.235. The first-order valence-corrected chi connectivity index (χ1v) is 7.12. The van der Waals surface area contributed by atoms with Crippen molar-refractivity contribution in [2.45, 2.75) is 13.5 Å². The molecule has 0 heterocycles. The molecule has 0 aromatic heterocycles. The number of benzene rings is 2. The molecule has 0 spiro atoms. The number of nitrogens with zero attached hydrogens (tertiary/aromatic N) is 1. The minimum Gasteiger partial charge on any atom is -0.508 e. The third-order valence-electron chi connectivity index (χ3n) is 3.22. The largest absolute Gasteiger partial charge is 0.508 e. The summed E-state index contributed by atoms with van der Waals surface area (Å²) in [6, 6.07) is 13.9. The van der Waals surface area contributed by atoms with Crippen LogP contribution in [0.15, 0.2) is 48.5 Å². The Hall–Kier alpha value is -2.69. The number of aromatic hydroxyl groups is 1. The number of carbonyl (C=O) groups excluding carboxylic acids is 1. The van der Waals surface area contributed by atoms with E-state index in [1.807, 2.05) is 31.2 Å². The number of rotatable bonds is 5. The van der Waals surface area contributed by atoms with Crippen molar-refractivity contribution in [2.75, 3.05) is 18.6 Å². The molecule has 0 saturated carbocycles. The number of nitrogens with one attached hydrogen (secondary N) is 1. The molecule has 0 radical (unpaired) electrons. The van der Waals surface area contributed by atoms with Gasteiger partial charge in [-0.1, -0.05) is 12.1 Å². The van der Waals surface area contributed by atoms with Crippen LogP contribution in [0.3, 0.4) is 0 Å². The number of phenolic OH excluding ortho intramolecular Hbond substituents is 1. The van der Waals surface area contributed by atoms with E-state index in [-0.39, 0.29) is 11.8 Å². The summed E-state index contributed by atoms with van der Waals surface area (Å²) in [7, 11) is 1.68. The van der Waals surface area contributed by atoms with E-state index in [2.05, 4.69) is 5.32 Å². The fourth-order valence-electron chi connectivity index (χ4n) is 1.96. The average molecular weight is 300 g/mol. The van der Waals surface area contributed by atoms with Gasteiger partial charge in [-0.2, -0.15) is 0 Å². The lowest BCUT2D eigenvalue weighted by Crippen LogP contribution is -2.36. The van der Waals surface area contributed by atoms with Crippen molar-refractivity contribution in [2.24, 2.45) is 0 Å². The van der Waals surface area contributed by atoms with Crippen molar-refractivity contribution in [3.63, 3.8) is 0 Å². The molecule has 2 amide bonds. The summed E-state index contributed by atoms with van der Waals surface area (Å²) in [5.74, 6) is 0.991. The maximum atomic E-state index is 12.1. The molecule has 0 saturated heterocycles. The topological polar surface area (TPSA) is 61.8 Å². The summed E-state index contributed by atoms with van der Waals surface area (Å²) in [5.41, 5.74) is 1.71. The zero-order valence-corrected chi connectivity index (χ0v) is 12.7. The van der Waals surface area contributed by atoms with Crippen LogP contribution in [0.1, 0.15) is 12.5 Å². The van der Waals surface area contributed by atoms with E-state index in [0.717, 1.165) is 11.3 Å². The molecule has 2 rings (SSSR count). The molecule has 116 valence electrons. The lowest BCUT2D eigenvalue weighted by Gasteiger charge is -2.18. The SMILES string of the molecule is CCOc1ccc(CNC(=O)N(C)c2ccc(O)cc2)cc1. The number of anilines is 1. The zero-order valence-electron chi connectivity index (χ0n) is 12.7. The Bertz CT molecular complexity index is 609. The van der Waals surface area contributed by atoms with Crippen LogP contribution in [0, 0.1) is 0 Å². The van der Waals surface area contributed by atoms with Crippen molar-refractivity contribution in [1.82, 2.24) is 5.32 Å². The third-order valence-corrected chi connectivity index (χ3v) is 3.22. The van der Waals surface area contributed by atoms with E-state index in [1.165, 1.54) is 4.90 Å². The Morgan fingerprint density at radius 2 is 1.77 bits per heavy atom. The lowest BCUT2D eigenvalue weighted by molar-refractivity contribution is 0.247. The molecule has 0 atom stereocenters. The van der Waals surface area contributed by atoms with Gasteiger partial charge < -0.3 is 15.2 Å². The highest BCUT2D eigenvalue weighted by Gasteiger charge is 2.10. The minimum atomic E-state index is -0.209. The molecular formula is C17H20N2O3. The summed E-state index contributed by atoms with van der Waals surface area (Å²) in [4.78, 5) is 13.6. The van der Waals surface area contributed by atoms with Gasteiger partial charge in [0.1, 0.15) is 11.5 Å². The van der Waals surface area contributed by atoms with E-state index >= 15 is 0 Å². The van der Waals surface area contributed by atoms with E-state index in [1.54, 1.807) is 31.3 Å². The van der Waals surface area contributed by atoms with Gasteiger partial charge in [0, 0.05) is 19.3 Å². The number of carbonyl (C=O) groups is 1. The van der Waals surface area contributed by atoms with Crippen LogP contribution >= 0.6 is 0 Å². The predicted molar refractivity (Wildman–Crippen MR) is 86.4 cm³/mol. The fourth-order valence-corrected chi connectivity index (χ4v) is 1.96. The highest BCUT2D eigenvalue weighted by molar-refractivity contribution is 5.91. The van der Waals surface area contributed by atoms with E-state index in [0.29, 0.717) is 18.8 Å². The quantitative estimate of drug-likeness (QED) is 0.891. The Morgan fingerprint density at radius 1 is 1.14 bits per heavy atom. The van der Waals surface area contributed by atoms with Crippen LogP contribution in [0.4, 0.5) is 10.5 Å². The average Bonchev–Trinajstić information content (AvgIpc) is 2.54. The first-order valence-electron chi connectivity index (χ1n) is 7.12. The lowest BCUT2D eigenvalue weighted by atomic mass is 10.2. The molecule has 0 unspecified atom stereocenters. The van der Waals surface area contributed by atoms with Gasteiger partial charge in [0.25, 0.3) is 0 Å². The monoisotopic (exact) mass is 300 g/mol. The first kappa shape index (κ1) is 15.7. The molecular weight excluding hydrogens is 280 g/mol. The Labute approximate surface area is 130 Å².